The molecule has 2 aromatic carbocycles. The molecular formula is C18H19FN2O2S. The average Bonchev–Trinajstić information content (AvgIpc) is 2.62. The number of phenolic OH excluding ortho intramolecular Hbond substituents is 1. The van der Waals surface area contributed by atoms with E-state index in [9.17, 15) is 9.50 Å². The molecule has 0 spiro atoms. The van der Waals surface area contributed by atoms with Crippen molar-refractivity contribution in [3.63, 3.8) is 0 Å². The van der Waals surface area contributed by atoms with Gasteiger partial charge in [0.15, 0.2) is 11.5 Å². The normalized spacial score (nSPS) is 14.6. The first-order valence-electron chi connectivity index (χ1n) is 7.76. The van der Waals surface area contributed by atoms with Gasteiger partial charge in [-0.05, 0) is 36.4 Å². The van der Waals surface area contributed by atoms with Crippen LogP contribution in [0.15, 0.2) is 42.5 Å². The standard InChI is InChI=1S/C18H19FN2O2S/c1-23-16-4-2-3-15(17(16)22)18(24)21-11-9-20(10-12-21)14-7-5-13(19)6-8-14/h2-8,22H,9-12H2,1H3. The Balaban J connectivity index is 1.68. The first-order valence-corrected chi connectivity index (χ1v) is 8.16. The number of hydrogen-bond acceptors (Lipinski definition) is 4. The molecule has 24 heavy (non-hydrogen) atoms. The summed E-state index contributed by atoms with van der Waals surface area (Å²) in [6.07, 6.45) is 0. The van der Waals surface area contributed by atoms with Gasteiger partial charge in [0, 0.05) is 31.9 Å². The second kappa shape index (κ2) is 7.05. The topological polar surface area (TPSA) is 35.9 Å². The molecule has 0 aromatic heterocycles. The first kappa shape index (κ1) is 16.5. The number of nitrogens with zero attached hydrogens (tertiary/aromatic N) is 2. The van der Waals surface area contributed by atoms with E-state index in [1.807, 2.05) is 6.07 Å². The Bertz CT molecular complexity index is 728. The van der Waals surface area contributed by atoms with Crippen molar-refractivity contribution in [3.05, 3.63) is 53.8 Å². The molecular weight excluding hydrogens is 327 g/mol. The van der Waals surface area contributed by atoms with Crippen molar-refractivity contribution < 1.29 is 14.2 Å². The molecule has 0 aliphatic carbocycles. The van der Waals surface area contributed by atoms with E-state index in [-0.39, 0.29) is 11.6 Å². The number of benzene rings is 2. The molecule has 0 saturated carbocycles. The number of rotatable bonds is 3. The quantitative estimate of drug-likeness (QED) is 0.865. The van der Waals surface area contributed by atoms with Gasteiger partial charge in [-0.1, -0.05) is 18.3 Å². The summed E-state index contributed by atoms with van der Waals surface area (Å²) in [4.78, 5) is 4.89. The van der Waals surface area contributed by atoms with E-state index in [0.29, 0.717) is 16.3 Å². The Kier molecular flexibility index (Phi) is 4.85. The van der Waals surface area contributed by atoms with Crippen molar-refractivity contribution in [2.24, 2.45) is 0 Å². The first-order chi connectivity index (χ1) is 11.6. The Morgan fingerprint density at radius 3 is 2.38 bits per heavy atom. The molecule has 1 fully saturated rings. The molecule has 1 N–H and O–H groups in total. The van der Waals surface area contributed by atoms with Crippen LogP contribution >= 0.6 is 12.2 Å². The van der Waals surface area contributed by atoms with Crippen LogP contribution in [0.25, 0.3) is 0 Å². The van der Waals surface area contributed by atoms with Crippen molar-refractivity contribution in [3.8, 4) is 11.5 Å². The van der Waals surface area contributed by atoms with Crippen LogP contribution in [0.2, 0.25) is 0 Å². The predicted molar refractivity (Wildman–Crippen MR) is 96.5 cm³/mol. The maximum absolute atomic E-state index is 13.0. The highest BCUT2D eigenvalue weighted by molar-refractivity contribution is 7.80. The Labute approximate surface area is 146 Å². The lowest BCUT2D eigenvalue weighted by molar-refractivity contribution is 0.368. The molecule has 0 atom stereocenters. The highest BCUT2D eigenvalue weighted by atomic mass is 32.1. The molecule has 0 amide bonds. The number of methoxy groups -OCH3 is 1. The summed E-state index contributed by atoms with van der Waals surface area (Å²) in [5.74, 6) is 0.262. The lowest BCUT2D eigenvalue weighted by Crippen LogP contribution is -2.48. The van der Waals surface area contributed by atoms with Crippen LogP contribution in [0.3, 0.4) is 0 Å². The maximum atomic E-state index is 13.0. The third-order valence-corrected chi connectivity index (χ3v) is 4.69. The summed E-state index contributed by atoms with van der Waals surface area (Å²) >= 11 is 5.55. The molecule has 6 heteroatoms. The molecule has 126 valence electrons. The number of hydrogen-bond donors (Lipinski definition) is 1. The molecule has 0 bridgehead atoms. The van der Waals surface area contributed by atoms with Gasteiger partial charge in [0.2, 0.25) is 0 Å². The zero-order chi connectivity index (χ0) is 17.1. The van der Waals surface area contributed by atoms with Crippen molar-refractivity contribution in [1.82, 2.24) is 4.90 Å². The number of aromatic hydroxyl groups is 1. The second-order valence-electron chi connectivity index (χ2n) is 5.61. The van der Waals surface area contributed by atoms with Gasteiger partial charge in [-0.3, -0.25) is 0 Å². The molecule has 1 aliphatic rings. The van der Waals surface area contributed by atoms with Crippen LogP contribution in [-0.2, 0) is 0 Å². The second-order valence-corrected chi connectivity index (χ2v) is 6.00. The number of halogens is 1. The van der Waals surface area contributed by atoms with Gasteiger partial charge in [0.1, 0.15) is 10.8 Å². The smallest absolute Gasteiger partial charge is 0.168 e. The van der Waals surface area contributed by atoms with Crippen LogP contribution in [0.5, 0.6) is 11.5 Å². The number of ether oxygens (including phenoxy) is 1. The minimum absolute atomic E-state index is 0.0750. The van der Waals surface area contributed by atoms with E-state index < -0.39 is 0 Å². The molecule has 0 radical (unpaired) electrons. The van der Waals surface area contributed by atoms with Gasteiger partial charge in [-0.2, -0.15) is 0 Å². The van der Waals surface area contributed by atoms with Crippen LogP contribution in [0.4, 0.5) is 10.1 Å². The summed E-state index contributed by atoms with van der Waals surface area (Å²) < 4.78 is 18.2. The van der Waals surface area contributed by atoms with E-state index in [1.165, 1.54) is 19.2 Å². The SMILES string of the molecule is COc1cccc(C(=S)N2CCN(c3ccc(F)cc3)CC2)c1O. The predicted octanol–water partition coefficient (Wildman–Crippen LogP) is 3.04. The largest absolute Gasteiger partial charge is 0.504 e. The van der Waals surface area contributed by atoms with E-state index in [1.54, 1.807) is 24.3 Å². The third-order valence-electron chi connectivity index (χ3n) is 4.21. The molecule has 1 saturated heterocycles. The lowest BCUT2D eigenvalue weighted by Gasteiger charge is -2.37. The van der Waals surface area contributed by atoms with Gasteiger partial charge in [0.25, 0.3) is 0 Å². The maximum Gasteiger partial charge on any atom is 0.168 e. The zero-order valence-electron chi connectivity index (χ0n) is 13.4. The van der Waals surface area contributed by atoms with Crippen LogP contribution in [0, 0.1) is 5.82 Å². The summed E-state index contributed by atoms with van der Waals surface area (Å²) in [6, 6.07) is 11.8. The molecule has 0 unspecified atom stereocenters. The molecule has 2 aromatic rings. The fourth-order valence-corrected chi connectivity index (χ4v) is 3.20. The average molecular weight is 346 g/mol. The van der Waals surface area contributed by atoms with Crippen molar-refractivity contribution >= 4 is 22.9 Å². The minimum atomic E-state index is -0.230. The van der Waals surface area contributed by atoms with Crippen molar-refractivity contribution in [1.29, 1.82) is 0 Å². The van der Waals surface area contributed by atoms with Crippen LogP contribution in [-0.4, -0.2) is 48.3 Å². The van der Waals surface area contributed by atoms with Gasteiger partial charge in [-0.25, -0.2) is 4.39 Å². The van der Waals surface area contributed by atoms with Gasteiger partial charge >= 0.3 is 0 Å². The lowest BCUT2D eigenvalue weighted by atomic mass is 10.1. The van der Waals surface area contributed by atoms with E-state index in [4.69, 9.17) is 17.0 Å². The minimum Gasteiger partial charge on any atom is -0.504 e. The molecule has 4 nitrogen and oxygen atoms in total. The van der Waals surface area contributed by atoms with Gasteiger partial charge in [-0.15, -0.1) is 0 Å². The third kappa shape index (κ3) is 3.28. The summed E-state index contributed by atoms with van der Waals surface area (Å²) in [5.41, 5.74) is 1.62. The van der Waals surface area contributed by atoms with E-state index in [0.717, 1.165) is 31.9 Å². The number of thiocarbonyl (C=S) groups is 1. The number of piperazine rings is 1. The monoisotopic (exact) mass is 346 g/mol. The number of phenols is 1. The summed E-state index contributed by atoms with van der Waals surface area (Å²) in [7, 11) is 1.52. The molecule has 1 heterocycles. The van der Waals surface area contributed by atoms with E-state index in [2.05, 4.69) is 9.80 Å². The Morgan fingerprint density at radius 2 is 1.75 bits per heavy atom. The highest BCUT2D eigenvalue weighted by Crippen LogP contribution is 2.31. The van der Waals surface area contributed by atoms with Crippen LogP contribution in [0.1, 0.15) is 5.56 Å². The zero-order valence-corrected chi connectivity index (χ0v) is 14.2. The van der Waals surface area contributed by atoms with Gasteiger partial charge < -0.3 is 19.6 Å². The van der Waals surface area contributed by atoms with Crippen LogP contribution < -0.4 is 9.64 Å². The summed E-state index contributed by atoms with van der Waals surface area (Å²) in [6.45, 7) is 3.06. The number of para-hydroxylation sites is 1. The molecule has 1 aliphatic heterocycles. The van der Waals surface area contributed by atoms with Crippen molar-refractivity contribution in [2.75, 3.05) is 38.2 Å². The van der Waals surface area contributed by atoms with Gasteiger partial charge in [0.05, 0.1) is 12.7 Å². The Hall–Kier alpha value is -2.34. The fraction of sp³-hybridized carbons (Fsp3) is 0.278. The molecule has 3 rings (SSSR count). The highest BCUT2D eigenvalue weighted by Gasteiger charge is 2.22. The van der Waals surface area contributed by atoms with E-state index >= 15 is 0 Å². The fourth-order valence-electron chi connectivity index (χ4n) is 2.85. The Morgan fingerprint density at radius 1 is 1.08 bits per heavy atom. The van der Waals surface area contributed by atoms with Crippen molar-refractivity contribution in [2.45, 2.75) is 0 Å². The summed E-state index contributed by atoms with van der Waals surface area (Å²) in [5, 5.41) is 10.3. The number of anilines is 1.